The molecule has 3 heteroatoms. The molecule has 0 radical (unpaired) electrons. The van der Waals surface area contributed by atoms with Gasteiger partial charge in [0.25, 0.3) is 0 Å². The Kier molecular flexibility index (Phi) is 4.61. The normalized spacial score (nSPS) is 22.9. The lowest BCUT2D eigenvalue weighted by molar-refractivity contribution is 0.0169. The van der Waals surface area contributed by atoms with Gasteiger partial charge in [0.15, 0.2) is 0 Å². The molecule has 18 heavy (non-hydrogen) atoms. The van der Waals surface area contributed by atoms with Crippen molar-refractivity contribution in [3.05, 3.63) is 29.8 Å². The van der Waals surface area contributed by atoms with Crippen LogP contribution >= 0.6 is 0 Å². The predicted octanol–water partition coefficient (Wildman–Crippen LogP) is 2.74. The van der Waals surface area contributed by atoms with Crippen molar-refractivity contribution in [2.45, 2.75) is 51.5 Å². The number of hydrogen-bond acceptors (Lipinski definition) is 3. The van der Waals surface area contributed by atoms with E-state index in [2.05, 4.69) is 31.3 Å². The fraction of sp³-hybridized carbons (Fsp3) is 0.600. The molecule has 3 nitrogen and oxygen atoms in total. The van der Waals surface area contributed by atoms with Gasteiger partial charge in [-0.25, -0.2) is 0 Å². The van der Waals surface area contributed by atoms with Crippen LogP contribution in [0.25, 0.3) is 0 Å². The number of ether oxygens (including phenoxy) is 2. The lowest BCUT2D eigenvalue weighted by atomic mass is 9.89. The number of benzene rings is 1. The van der Waals surface area contributed by atoms with Gasteiger partial charge in [-0.15, -0.1) is 0 Å². The van der Waals surface area contributed by atoms with Crippen LogP contribution in [0.4, 0.5) is 0 Å². The maximum atomic E-state index is 5.81. The van der Waals surface area contributed by atoms with E-state index < -0.39 is 0 Å². The molecular formula is C15H23NO2. The first-order valence-corrected chi connectivity index (χ1v) is 6.69. The average Bonchev–Trinajstić information content (AvgIpc) is 2.28. The third-order valence-corrected chi connectivity index (χ3v) is 3.34. The number of rotatable bonds is 6. The fourth-order valence-electron chi connectivity index (χ4n) is 2.20. The quantitative estimate of drug-likeness (QED) is 0.841. The van der Waals surface area contributed by atoms with Crippen LogP contribution in [0.15, 0.2) is 24.3 Å². The maximum absolute atomic E-state index is 5.81. The average molecular weight is 249 g/mol. The molecule has 0 spiro atoms. The molecular weight excluding hydrogens is 226 g/mol. The first-order valence-electron chi connectivity index (χ1n) is 6.69. The zero-order valence-electron chi connectivity index (χ0n) is 11.5. The van der Waals surface area contributed by atoms with Crippen molar-refractivity contribution in [2.24, 2.45) is 0 Å². The maximum Gasteiger partial charge on any atom is 0.124 e. The van der Waals surface area contributed by atoms with Crippen LogP contribution in [0.5, 0.6) is 5.75 Å². The molecule has 0 aromatic heterocycles. The van der Waals surface area contributed by atoms with Crippen molar-refractivity contribution in [1.29, 1.82) is 0 Å². The second-order valence-corrected chi connectivity index (χ2v) is 5.18. The van der Waals surface area contributed by atoms with Gasteiger partial charge in [0.05, 0.1) is 12.2 Å². The van der Waals surface area contributed by atoms with Crippen molar-refractivity contribution in [2.75, 3.05) is 7.11 Å². The summed E-state index contributed by atoms with van der Waals surface area (Å²) in [7, 11) is 1.78. The molecule has 0 aliphatic heterocycles. The van der Waals surface area contributed by atoms with E-state index in [4.69, 9.17) is 9.47 Å². The van der Waals surface area contributed by atoms with Crippen molar-refractivity contribution >= 4 is 0 Å². The minimum absolute atomic E-state index is 0.215. The summed E-state index contributed by atoms with van der Waals surface area (Å²) in [5.41, 5.74) is 1.23. The van der Waals surface area contributed by atoms with E-state index in [9.17, 15) is 0 Å². The molecule has 0 unspecified atom stereocenters. The third-order valence-electron chi connectivity index (χ3n) is 3.34. The van der Waals surface area contributed by atoms with Crippen LogP contribution in [0.3, 0.4) is 0 Å². The molecule has 1 saturated carbocycles. The zero-order valence-corrected chi connectivity index (χ0v) is 11.5. The fourth-order valence-corrected chi connectivity index (χ4v) is 2.20. The standard InChI is InChI=1S/C15H23NO2/c1-11(2)18-15-7-5-4-6-12(15)10-16-13-8-14(9-13)17-3/h4-7,11,13-14,16H,8-10H2,1-3H3. The van der Waals surface area contributed by atoms with Crippen molar-refractivity contribution in [3.8, 4) is 5.75 Å². The second-order valence-electron chi connectivity index (χ2n) is 5.18. The van der Waals surface area contributed by atoms with Crippen molar-refractivity contribution in [1.82, 2.24) is 5.32 Å². The lowest BCUT2D eigenvalue weighted by Crippen LogP contribution is -2.44. The Morgan fingerprint density at radius 1 is 1.28 bits per heavy atom. The lowest BCUT2D eigenvalue weighted by Gasteiger charge is -2.35. The van der Waals surface area contributed by atoms with Crippen LogP contribution in [0.2, 0.25) is 0 Å². The molecule has 0 amide bonds. The highest BCUT2D eigenvalue weighted by atomic mass is 16.5. The van der Waals surface area contributed by atoms with Crippen LogP contribution in [-0.2, 0) is 11.3 Å². The Labute approximate surface area is 109 Å². The van der Waals surface area contributed by atoms with Gasteiger partial charge in [0.2, 0.25) is 0 Å². The Morgan fingerprint density at radius 2 is 2.00 bits per heavy atom. The number of nitrogens with one attached hydrogen (secondary N) is 1. The van der Waals surface area contributed by atoms with Gasteiger partial charge in [-0.2, -0.15) is 0 Å². The van der Waals surface area contributed by atoms with Crippen LogP contribution in [0.1, 0.15) is 32.3 Å². The van der Waals surface area contributed by atoms with Crippen LogP contribution < -0.4 is 10.1 Å². The minimum atomic E-state index is 0.215. The molecule has 1 N–H and O–H groups in total. The number of hydrogen-bond donors (Lipinski definition) is 1. The van der Waals surface area contributed by atoms with E-state index in [1.807, 2.05) is 12.1 Å². The summed E-state index contributed by atoms with van der Waals surface area (Å²) in [6.07, 6.45) is 2.89. The zero-order chi connectivity index (χ0) is 13.0. The van der Waals surface area contributed by atoms with E-state index >= 15 is 0 Å². The molecule has 1 aliphatic rings. The smallest absolute Gasteiger partial charge is 0.124 e. The summed E-state index contributed by atoms with van der Waals surface area (Å²) in [4.78, 5) is 0. The Hall–Kier alpha value is -1.06. The van der Waals surface area contributed by atoms with E-state index in [0.29, 0.717) is 12.1 Å². The first kappa shape index (κ1) is 13.4. The third kappa shape index (κ3) is 3.47. The summed E-state index contributed by atoms with van der Waals surface area (Å²) < 4.78 is 11.1. The molecule has 0 bridgehead atoms. The Balaban J connectivity index is 1.85. The second kappa shape index (κ2) is 6.21. The van der Waals surface area contributed by atoms with E-state index in [-0.39, 0.29) is 6.10 Å². The highest BCUT2D eigenvalue weighted by molar-refractivity contribution is 5.33. The molecule has 0 heterocycles. The summed E-state index contributed by atoms with van der Waals surface area (Å²) >= 11 is 0. The van der Waals surface area contributed by atoms with Gasteiger partial charge in [-0.1, -0.05) is 18.2 Å². The van der Waals surface area contributed by atoms with Crippen LogP contribution in [0, 0.1) is 0 Å². The summed E-state index contributed by atoms with van der Waals surface area (Å²) in [5, 5.41) is 3.55. The molecule has 1 aromatic rings. The molecule has 1 aliphatic carbocycles. The van der Waals surface area contributed by atoms with Gasteiger partial charge in [0.1, 0.15) is 5.75 Å². The van der Waals surface area contributed by atoms with E-state index in [1.54, 1.807) is 7.11 Å². The van der Waals surface area contributed by atoms with Crippen molar-refractivity contribution in [3.63, 3.8) is 0 Å². The molecule has 1 aromatic carbocycles. The SMILES string of the molecule is COC1CC(NCc2ccccc2OC(C)C)C1. The molecule has 0 saturated heterocycles. The molecule has 0 atom stereocenters. The van der Waals surface area contributed by atoms with Gasteiger partial charge in [-0.05, 0) is 32.8 Å². The highest BCUT2D eigenvalue weighted by Gasteiger charge is 2.28. The van der Waals surface area contributed by atoms with E-state index in [1.165, 1.54) is 5.56 Å². The topological polar surface area (TPSA) is 30.5 Å². The Morgan fingerprint density at radius 3 is 2.67 bits per heavy atom. The Bertz CT molecular complexity index is 373. The molecule has 1 fully saturated rings. The van der Waals surface area contributed by atoms with Crippen molar-refractivity contribution < 1.29 is 9.47 Å². The first-order chi connectivity index (χ1) is 8.69. The predicted molar refractivity (Wildman–Crippen MR) is 72.9 cm³/mol. The van der Waals surface area contributed by atoms with Gasteiger partial charge >= 0.3 is 0 Å². The monoisotopic (exact) mass is 249 g/mol. The van der Waals surface area contributed by atoms with Crippen LogP contribution in [-0.4, -0.2) is 25.4 Å². The number of para-hydroxylation sites is 1. The molecule has 100 valence electrons. The van der Waals surface area contributed by atoms with E-state index in [0.717, 1.165) is 25.1 Å². The highest BCUT2D eigenvalue weighted by Crippen LogP contribution is 2.24. The molecule has 2 rings (SSSR count). The summed E-state index contributed by atoms with van der Waals surface area (Å²) in [6, 6.07) is 8.82. The van der Waals surface area contributed by atoms with Gasteiger partial charge < -0.3 is 14.8 Å². The number of methoxy groups -OCH3 is 1. The van der Waals surface area contributed by atoms with Gasteiger partial charge in [-0.3, -0.25) is 0 Å². The minimum Gasteiger partial charge on any atom is -0.491 e. The van der Waals surface area contributed by atoms with Gasteiger partial charge in [0, 0.05) is 25.3 Å². The largest absolute Gasteiger partial charge is 0.491 e. The summed E-state index contributed by atoms with van der Waals surface area (Å²) in [6.45, 7) is 4.97. The summed E-state index contributed by atoms with van der Waals surface area (Å²) in [5.74, 6) is 0.989.